The molecule has 2 aromatic heterocycles. The van der Waals surface area contributed by atoms with E-state index in [0.717, 1.165) is 24.7 Å². The normalized spacial score (nSPS) is 19.9. The van der Waals surface area contributed by atoms with Crippen LogP contribution in [0.1, 0.15) is 11.9 Å². The fourth-order valence-corrected chi connectivity index (χ4v) is 1.92. The molecular formula is C12H13FN4O. The summed E-state index contributed by atoms with van der Waals surface area (Å²) < 4.78 is 18.2. The smallest absolute Gasteiger partial charge is 0.141 e. The number of H-pyrrole nitrogens is 1. The maximum absolute atomic E-state index is 12.8. The second-order valence-corrected chi connectivity index (χ2v) is 4.13. The van der Waals surface area contributed by atoms with Gasteiger partial charge in [-0.15, -0.1) is 0 Å². The Bertz CT molecular complexity index is 519. The van der Waals surface area contributed by atoms with Gasteiger partial charge in [0.25, 0.3) is 0 Å². The molecule has 5 nitrogen and oxygen atoms in total. The minimum Gasteiger partial charge on any atom is -0.378 e. The number of aromatic amines is 1. The van der Waals surface area contributed by atoms with Crippen LogP contribution in [0.25, 0.3) is 11.4 Å². The van der Waals surface area contributed by atoms with Gasteiger partial charge < -0.3 is 15.0 Å². The number of imidazole rings is 1. The standard InChI is InChI=1S/C12H13FN4O/c13-8-1-2-9(15-5-8)10-6-16-12(17-10)11-7-18-4-3-14-11/h1-2,5-6,11,14H,3-4,7H2,(H,16,17). The first kappa shape index (κ1) is 11.3. The molecule has 1 unspecified atom stereocenters. The molecule has 1 aliphatic heterocycles. The second kappa shape index (κ2) is 4.83. The van der Waals surface area contributed by atoms with Crippen LogP contribution in [0, 0.1) is 5.82 Å². The zero-order valence-electron chi connectivity index (χ0n) is 9.69. The van der Waals surface area contributed by atoms with Crippen molar-refractivity contribution in [1.82, 2.24) is 20.3 Å². The molecule has 1 fully saturated rings. The Morgan fingerprint density at radius 2 is 2.22 bits per heavy atom. The fraction of sp³-hybridized carbons (Fsp3) is 0.333. The van der Waals surface area contributed by atoms with Gasteiger partial charge in [0.15, 0.2) is 0 Å². The lowest BCUT2D eigenvalue weighted by atomic mass is 10.2. The fourth-order valence-electron chi connectivity index (χ4n) is 1.92. The average molecular weight is 248 g/mol. The number of rotatable bonds is 2. The van der Waals surface area contributed by atoms with Crippen molar-refractivity contribution >= 4 is 0 Å². The van der Waals surface area contributed by atoms with E-state index in [9.17, 15) is 4.39 Å². The molecule has 18 heavy (non-hydrogen) atoms. The Morgan fingerprint density at radius 3 is 2.94 bits per heavy atom. The van der Waals surface area contributed by atoms with Gasteiger partial charge in [0.1, 0.15) is 11.6 Å². The van der Waals surface area contributed by atoms with E-state index in [2.05, 4.69) is 20.3 Å². The molecule has 0 aromatic carbocycles. The highest BCUT2D eigenvalue weighted by Gasteiger charge is 2.18. The summed E-state index contributed by atoms with van der Waals surface area (Å²) in [7, 11) is 0. The van der Waals surface area contributed by atoms with E-state index in [0.29, 0.717) is 12.3 Å². The topological polar surface area (TPSA) is 62.8 Å². The number of hydrogen-bond acceptors (Lipinski definition) is 4. The lowest BCUT2D eigenvalue weighted by molar-refractivity contribution is 0.0745. The second-order valence-electron chi connectivity index (χ2n) is 4.13. The summed E-state index contributed by atoms with van der Waals surface area (Å²) in [6.07, 6.45) is 2.89. The van der Waals surface area contributed by atoms with E-state index in [1.807, 2.05) is 0 Å². The summed E-state index contributed by atoms with van der Waals surface area (Å²) in [5.74, 6) is 0.469. The van der Waals surface area contributed by atoms with Crippen LogP contribution in [0.4, 0.5) is 4.39 Å². The van der Waals surface area contributed by atoms with Crippen molar-refractivity contribution in [3.05, 3.63) is 36.2 Å². The lowest BCUT2D eigenvalue weighted by Gasteiger charge is -2.21. The Hall–Kier alpha value is -1.79. The number of pyridine rings is 1. The molecule has 3 rings (SSSR count). The largest absolute Gasteiger partial charge is 0.378 e. The van der Waals surface area contributed by atoms with E-state index in [1.54, 1.807) is 12.3 Å². The van der Waals surface area contributed by atoms with Crippen molar-refractivity contribution in [2.75, 3.05) is 19.8 Å². The van der Waals surface area contributed by atoms with Gasteiger partial charge in [0, 0.05) is 6.54 Å². The lowest BCUT2D eigenvalue weighted by Crippen LogP contribution is -2.35. The van der Waals surface area contributed by atoms with Gasteiger partial charge in [-0.1, -0.05) is 0 Å². The molecule has 0 radical (unpaired) electrons. The monoisotopic (exact) mass is 248 g/mol. The van der Waals surface area contributed by atoms with Crippen molar-refractivity contribution in [2.24, 2.45) is 0 Å². The Balaban J connectivity index is 1.82. The zero-order chi connectivity index (χ0) is 12.4. The summed E-state index contributed by atoms with van der Waals surface area (Å²) in [6, 6.07) is 3.08. The van der Waals surface area contributed by atoms with Crippen LogP contribution in [0.15, 0.2) is 24.5 Å². The maximum atomic E-state index is 12.8. The van der Waals surface area contributed by atoms with Crippen molar-refractivity contribution in [2.45, 2.75) is 6.04 Å². The molecule has 0 aliphatic carbocycles. The molecule has 1 aliphatic rings. The first-order valence-electron chi connectivity index (χ1n) is 5.81. The minimum atomic E-state index is -0.346. The van der Waals surface area contributed by atoms with Gasteiger partial charge in [-0.3, -0.25) is 4.98 Å². The van der Waals surface area contributed by atoms with Crippen LogP contribution in [-0.2, 0) is 4.74 Å². The molecule has 2 N–H and O–H groups in total. The number of hydrogen-bond donors (Lipinski definition) is 2. The number of nitrogens with zero attached hydrogens (tertiary/aromatic N) is 2. The molecule has 0 saturated carbocycles. The van der Waals surface area contributed by atoms with Gasteiger partial charge in [0.05, 0.1) is 43.0 Å². The van der Waals surface area contributed by atoms with Crippen LogP contribution in [0.5, 0.6) is 0 Å². The number of ether oxygens (including phenoxy) is 1. The molecule has 3 heterocycles. The summed E-state index contributed by atoms with van der Waals surface area (Å²) in [6.45, 7) is 2.14. The van der Waals surface area contributed by atoms with Crippen LogP contribution in [0.2, 0.25) is 0 Å². The van der Waals surface area contributed by atoms with E-state index < -0.39 is 0 Å². The predicted molar refractivity (Wildman–Crippen MR) is 63.3 cm³/mol. The Kier molecular flexibility index (Phi) is 3.04. The van der Waals surface area contributed by atoms with Crippen molar-refractivity contribution in [3.8, 4) is 11.4 Å². The Labute approximate surface area is 103 Å². The number of halogens is 1. The summed E-state index contributed by atoms with van der Waals surface area (Å²) in [4.78, 5) is 11.5. The minimum absolute atomic E-state index is 0.0768. The van der Waals surface area contributed by atoms with Gasteiger partial charge in [-0.25, -0.2) is 9.37 Å². The van der Waals surface area contributed by atoms with Crippen LogP contribution < -0.4 is 5.32 Å². The molecule has 2 aromatic rings. The van der Waals surface area contributed by atoms with Crippen LogP contribution in [-0.4, -0.2) is 34.7 Å². The quantitative estimate of drug-likeness (QED) is 0.840. The summed E-state index contributed by atoms with van der Waals surface area (Å²) >= 11 is 0. The van der Waals surface area contributed by atoms with Gasteiger partial charge in [-0.2, -0.15) is 0 Å². The number of aromatic nitrogens is 3. The predicted octanol–water partition coefficient (Wildman–Crippen LogP) is 1.27. The van der Waals surface area contributed by atoms with Crippen molar-refractivity contribution in [1.29, 1.82) is 0 Å². The zero-order valence-corrected chi connectivity index (χ0v) is 9.69. The summed E-state index contributed by atoms with van der Waals surface area (Å²) in [5, 5.41) is 3.31. The maximum Gasteiger partial charge on any atom is 0.141 e. The van der Waals surface area contributed by atoms with Gasteiger partial charge in [0.2, 0.25) is 0 Å². The third-order valence-corrected chi connectivity index (χ3v) is 2.85. The van der Waals surface area contributed by atoms with E-state index >= 15 is 0 Å². The highest BCUT2D eigenvalue weighted by atomic mass is 19.1. The average Bonchev–Trinajstić information content (AvgIpc) is 2.90. The number of morpholine rings is 1. The van der Waals surface area contributed by atoms with Gasteiger partial charge in [-0.05, 0) is 12.1 Å². The molecule has 0 amide bonds. The van der Waals surface area contributed by atoms with Crippen LogP contribution in [0.3, 0.4) is 0 Å². The first-order chi connectivity index (χ1) is 8.83. The molecule has 0 bridgehead atoms. The van der Waals surface area contributed by atoms with Gasteiger partial charge >= 0.3 is 0 Å². The molecule has 1 atom stereocenters. The van der Waals surface area contributed by atoms with Crippen molar-refractivity contribution < 1.29 is 9.13 Å². The first-order valence-corrected chi connectivity index (χ1v) is 5.81. The third kappa shape index (κ3) is 2.25. The number of nitrogens with one attached hydrogen (secondary N) is 2. The van der Waals surface area contributed by atoms with Crippen LogP contribution >= 0.6 is 0 Å². The SMILES string of the molecule is Fc1ccc(-c2cnc(C3COCCN3)[nH]2)nc1. The highest BCUT2D eigenvalue weighted by molar-refractivity contribution is 5.52. The molecule has 0 spiro atoms. The molecular weight excluding hydrogens is 235 g/mol. The molecule has 1 saturated heterocycles. The van der Waals surface area contributed by atoms with E-state index in [-0.39, 0.29) is 11.9 Å². The summed E-state index contributed by atoms with van der Waals surface area (Å²) in [5.41, 5.74) is 1.45. The van der Waals surface area contributed by atoms with Crippen molar-refractivity contribution in [3.63, 3.8) is 0 Å². The molecule has 6 heteroatoms. The van der Waals surface area contributed by atoms with E-state index in [4.69, 9.17) is 4.74 Å². The highest BCUT2D eigenvalue weighted by Crippen LogP contribution is 2.18. The third-order valence-electron chi connectivity index (χ3n) is 2.85. The van der Waals surface area contributed by atoms with E-state index in [1.165, 1.54) is 12.3 Å². The Morgan fingerprint density at radius 1 is 1.28 bits per heavy atom. The molecule has 94 valence electrons.